The van der Waals surface area contributed by atoms with Gasteiger partial charge in [0.15, 0.2) is 0 Å². The Hall–Kier alpha value is -1.17. The van der Waals surface area contributed by atoms with Crippen LogP contribution in [0.3, 0.4) is 0 Å². The molecular formula is C32H47ClN4O5S. The van der Waals surface area contributed by atoms with Crippen molar-refractivity contribution in [1.82, 2.24) is 19.8 Å². The number of ether oxygens (including phenoxy) is 2. The van der Waals surface area contributed by atoms with Gasteiger partial charge in [0.1, 0.15) is 5.82 Å². The number of carboxylic acids is 1. The van der Waals surface area contributed by atoms with E-state index in [0.29, 0.717) is 48.6 Å². The quantitative estimate of drug-likeness (QED) is 0.438. The highest BCUT2D eigenvalue weighted by Crippen LogP contribution is 2.48. The van der Waals surface area contributed by atoms with E-state index in [1.54, 1.807) is 0 Å². The number of hydrogen-bond donors (Lipinski definition) is 2. The fourth-order valence-corrected chi connectivity index (χ4v) is 11.5. The molecule has 1 saturated carbocycles. The van der Waals surface area contributed by atoms with E-state index in [4.69, 9.17) is 26.1 Å². The first kappa shape index (κ1) is 30.5. The van der Waals surface area contributed by atoms with Crippen molar-refractivity contribution in [2.45, 2.75) is 100 Å². The molecule has 43 heavy (non-hydrogen) atoms. The van der Waals surface area contributed by atoms with Gasteiger partial charge in [0, 0.05) is 65.0 Å². The van der Waals surface area contributed by atoms with Gasteiger partial charge in [-0.15, -0.1) is 11.6 Å². The molecule has 0 bridgehead atoms. The van der Waals surface area contributed by atoms with Crippen LogP contribution in [0.15, 0.2) is 4.79 Å². The van der Waals surface area contributed by atoms with Gasteiger partial charge in [0.2, 0.25) is 0 Å². The first-order valence-electron chi connectivity index (χ1n) is 16.5. The van der Waals surface area contributed by atoms with Gasteiger partial charge < -0.3 is 19.9 Å². The summed E-state index contributed by atoms with van der Waals surface area (Å²) in [6, 6.07) is 0.674. The summed E-state index contributed by atoms with van der Waals surface area (Å²) in [6.45, 7) is 9.02. The van der Waals surface area contributed by atoms with Crippen molar-refractivity contribution in [3.8, 4) is 0 Å². The molecule has 0 spiro atoms. The number of thioether (sulfide) groups is 1. The minimum absolute atomic E-state index is 0.00674. The Morgan fingerprint density at radius 3 is 2.74 bits per heavy atom. The van der Waals surface area contributed by atoms with E-state index in [0.717, 1.165) is 88.3 Å². The molecule has 11 heteroatoms. The average molecular weight is 635 g/mol. The second kappa shape index (κ2) is 12.6. The molecule has 5 heterocycles. The molecule has 5 fully saturated rings. The third kappa shape index (κ3) is 5.94. The summed E-state index contributed by atoms with van der Waals surface area (Å²) >= 11 is 8.56. The molecule has 0 amide bonds. The first-order chi connectivity index (χ1) is 20.8. The number of piperidine rings is 1. The number of alkyl halides is 1. The van der Waals surface area contributed by atoms with Crippen LogP contribution < -0.4 is 10.9 Å². The minimum atomic E-state index is -0.699. The number of carboxylic acid groups (broad SMARTS) is 1. The Labute approximate surface area is 263 Å². The summed E-state index contributed by atoms with van der Waals surface area (Å²) in [4.78, 5) is 33.3. The molecule has 4 aliphatic heterocycles. The van der Waals surface area contributed by atoms with Crippen LogP contribution in [0.5, 0.6) is 0 Å². The predicted molar refractivity (Wildman–Crippen MR) is 167 cm³/mol. The lowest BCUT2D eigenvalue weighted by Gasteiger charge is -2.47. The van der Waals surface area contributed by atoms with Crippen LogP contribution in [0, 0.1) is 36.5 Å². The summed E-state index contributed by atoms with van der Waals surface area (Å²) in [5, 5.41) is 13.8. The van der Waals surface area contributed by atoms with Crippen LogP contribution in [-0.2, 0) is 33.7 Å². The van der Waals surface area contributed by atoms with Crippen LogP contribution in [0.25, 0.3) is 0 Å². The van der Waals surface area contributed by atoms with Gasteiger partial charge in [-0.3, -0.25) is 19.1 Å². The second-order valence-electron chi connectivity index (χ2n) is 14.2. The van der Waals surface area contributed by atoms with Crippen molar-refractivity contribution >= 4 is 29.3 Å². The van der Waals surface area contributed by atoms with Crippen molar-refractivity contribution in [3.63, 3.8) is 0 Å². The zero-order valence-electron chi connectivity index (χ0n) is 25.5. The number of rotatable bonds is 7. The Kier molecular flexibility index (Phi) is 8.90. The molecule has 0 radical (unpaired) electrons. The van der Waals surface area contributed by atoms with E-state index >= 15 is 0 Å². The maximum atomic E-state index is 13.8. The number of likely N-dealkylation sites (tertiary alicyclic amines) is 1. The van der Waals surface area contributed by atoms with Gasteiger partial charge >= 0.3 is 5.97 Å². The number of carbonyl (C=O) groups is 1. The molecule has 9 nitrogen and oxygen atoms in total. The summed E-state index contributed by atoms with van der Waals surface area (Å²) in [5.74, 6) is 2.34. The lowest BCUT2D eigenvalue weighted by atomic mass is 9.70. The molecule has 2 N–H and O–H groups in total. The normalized spacial score (nSPS) is 41.1. The topological polar surface area (TPSA) is 106 Å². The van der Waals surface area contributed by atoms with E-state index in [2.05, 4.69) is 17.1 Å². The molecule has 1 aromatic rings. The van der Waals surface area contributed by atoms with Crippen LogP contribution in [0.4, 0.5) is 0 Å². The lowest BCUT2D eigenvalue weighted by Crippen LogP contribution is -2.57. The highest BCUT2D eigenvalue weighted by atomic mass is 35.5. The molecular weight excluding hydrogens is 588 g/mol. The SMILES string of the molecule is Cc1nc2c(c(=O)n1CCOC1CCC(Cl)CC1C1CC(C)NC3C(C(=O)O)CSC13)C[C@H](N1CC3COCC3C1)CC2. The number of halogens is 1. The first-order valence-corrected chi connectivity index (χ1v) is 18.0. The second-order valence-corrected chi connectivity index (χ2v) is 16.0. The number of aromatic nitrogens is 2. The lowest BCUT2D eigenvalue weighted by molar-refractivity contribution is -0.142. The minimum Gasteiger partial charge on any atom is -0.481 e. The average Bonchev–Trinajstić information content (AvgIpc) is 3.70. The molecule has 238 valence electrons. The summed E-state index contributed by atoms with van der Waals surface area (Å²) < 4.78 is 14.2. The van der Waals surface area contributed by atoms with Crippen molar-refractivity contribution in [2.24, 2.45) is 29.6 Å². The smallest absolute Gasteiger partial charge is 0.308 e. The zero-order valence-corrected chi connectivity index (χ0v) is 27.0. The molecule has 7 rings (SSSR count). The Morgan fingerprint density at radius 1 is 1.19 bits per heavy atom. The van der Waals surface area contributed by atoms with Gasteiger partial charge in [-0.2, -0.15) is 11.8 Å². The molecule has 0 aromatic carbocycles. The van der Waals surface area contributed by atoms with Gasteiger partial charge in [-0.1, -0.05) is 0 Å². The van der Waals surface area contributed by atoms with Crippen LogP contribution in [0.2, 0.25) is 0 Å². The number of hydrogen-bond acceptors (Lipinski definition) is 8. The summed E-state index contributed by atoms with van der Waals surface area (Å²) in [6.07, 6.45) is 6.53. The third-order valence-corrected chi connectivity index (χ3v) is 13.5. The van der Waals surface area contributed by atoms with Crippen molar-refractivity contribution in [1.29, 1.82) is 0 Å². The molecule has 6 aliphatic rings. The summed E-state index contributed by atoms with van der Waals surface area (Å²) in [7, 11) is 0. The van der Waals surface area contributed by atoms with E-state index in [1.165, 1.54) is 0 Å². The Balaban J connectivity index is 1.02. The predicted octanol–water partition coefficient (Wildman–Crippen LogP) is 2.96. The Bertz CT molecular complexity index is 1250. The van der Waals surface area contributed by atoms with Crippen LogP contribution in [0.1, 0.15) is 56.1 Å². The van der Waals surface area contributed by atoms with Gasteiger partial charge in [-0.25, -0.2) is 4.98 Å². The largest absolute Gasteiger partial charge is 0.481 e. The highest BCUT2D eigenvalue weighted by molar-refractivity contribution is 8.00. The molecule has 11 atom stereocenters. The number of aliphatic carboxylic acids is 1. The van der Waals surface area contributed by atoms with E-state index < -0.39 is 5.97 Å². The molecule has 4 saturated heterocycles. The number of aryl methyl sites for hydroxylation is 2. The van der Waals surface area contributed by atoms with Crippen molar-refractivity contribution in [2.75, 3.05) is 38.7 Å². The van der Waals surface area contributed by atoms with Gasteiger partial charge in [0.05, 0.1) is 44.1 Å². The van der Waals surface area contributed by atoms with E-state index in [1.807, 2.05) is 23.3 Å². The molecule has 1 aromatic heterocycles. The standard InChI is InChI=1S/C32H47ClN4O5S/c1-17-9-24(30-29(34-17)26(16-43-30)32(39)40)23-10-21(33)3-6-28(23)42-8-7-37-18(2)35-27-5-4-22(11-25(27)31(37)38)36-12-19-14-41-15-20(19)13-36/h17,19-24,26,28-30,34H,3-16H2,1-2H3,(H,39,40)/t17?,19?,20?,21?,22-,23?,24?,26?,28?,29?,30?/m1/s1. The monoisotopic (exact) mass is 634 g/mol. The van der Waals surface area contributed by atoms with E-state index in [-0.39, 0.29) is 40.3 Å². The fraction of sp³-hybridized carbons (Fsp3) is 0.844. The molecule has 10 unspecified atom stereocenters. The van der Waals surface area contributed by atoms with Crippen LogP contribution >= 0.6 is 23.4 Å². The van der Waals surface area contributed by atoms with Crippen molar-refractivity contribution < 1.29 is 19.4 Å². The third-order valence-electron chi connectivity index (χ3n) is 11.5. The van der Waals surface area contributed by atoms with Gasteiger partial charge in [-0.05, 0) is 70.6 Å². The molecule has 2 aliphatic carbocycles. The van der Waals surface area contributed by atoms with Crippen LogP contribution in [-0.4, -0.2) is 99.0 Å². The number of nitrogens with zero attached hydrogens (tertiary/aromatic N) is 3. The fourth-order valence-electron chi connectivity index (χ4n) is 9.32. The number of fused-ring (bicyclic) bond motifs is 3. The maximum absolute atomic E-state index is 13.8. The van der Waals surface area contributed by atoms with Crippen molar-refractivity contribution in [3.05, 3.63) is 27.4 Å². The Morgan fingerprint density at radius 2 is 1.98 bits per heavy atom. The van der Waals surface area contributed by atoms with Gasteiger partial charge in [0.25, 0.3) is 5.56 Å². The maximum Gasteiger partial charge on any atom is 0.308 e. The van der Waals surface area contributed by atoms with E-state index in [9.17, 15) is 14.7 Å². The highest BCUT2D eigenvalue weighted by Gasteiger charge is 2.51. The zero-order chi connectivity index (χ0) is 29.8. The summed E-state index contributed by atoms with van der Waals surface area (Å²) in [5.41, 5.74) is 2.00. The number of nitrogens with one attached hydrogen (secondary N) is 1.